The van der Waals surface area contributed by atoms with Crippen LogP contribution < -0.4 is 0 Å². The van der Waals surface area contributed by atoms with Crippen LogP contribution in [0.1, 0.15) is 46.8 Å². The molecule has 1 rings (SSSR count). The van der Waals surface area contributed by atoms with E-state index in [0.717, 1.165) is 11.1 Å². The number of hydrogen-bond acceptors (Lipinski definition) is 4. The third kappa shape index (κ3) is 3.40. The first-order valence-electron chi connectivity index (χ1n) is 5.64. The van der Waals surface area contributed by atoms with Gasteiger partial charge in [0.05, 0.1) is 12.7 Å². The monoisotopic (exact) mass is 269 g/mol. The number of benzene rings is 1. The molecule has 1 aromatic carbocycles. The zero-order chi connectivity index (χ0) is 13.9. The van der Waals surface area contributed by atoms with E-state index in [1.54, 1.807) is 6.07 Å². The summed E-state index contributed by atoms with van der Waals surface area (Å²) >= 11 is -2.18. The highest BCUT2D eigenvalue weighted by Gasteiger charge is 2.15. The molecular weight excluding hydrogens is 252 g/mol. The molecule has 0 aliphatic carbocycles. The fraction of sp³-hybridized carbons (Fsp3) is 0.462. The van der Waals surface area contributed by atoms with Gasteiger partial charge in [-0.15, -0.1) is 0 Å². The van der Waals surface area contributed by atoms with Gasteiger partial charge in [0.2, 0.25) is 0 Å². The Bertz CT molecular complexity index is 480. The first-order chi connectivity index (χ1) is 8.36. The summed E-state index contributed by atoms with van der Waals surface area (Å²) in [5.74, 6) is -0.327. The predicted molar refractivity (Wildman–Crippen MR) is 69.2 cm³/mol. The van der Waals surface area contributed by atoms with Crippen LogP contribution in [0.3, 0.4) is 0 Å². The second kappa shape index (κ2) is 6.11. The smallest absolute Gasteiger partial charge is 0.338 e. The quantitative estimate of drug-likeness (QED) is 0.621. The van der Waals surface area contributed by atoms with E-state index in [9.17, 15) is 13.6 Å². The average molecular weight is 269 g/mol. The number of rotatable bonds is 4. The van der Waals surface area contributed by atoms with Crippen molar-refractivity contribution in [3.63, 3.8) is 0 Å². The first kappa shape index (κ1) is 14.9. The van der Waals surface area contributed by atoms with Gasteiger partial charge in [-0.25, -0.2) is 4.79 Å². The molecule has 0 saturated heterocycles. The third-order valence-corrected chi connectivity index (χ3v) is 3.33. The van der Waals surface area contributed by atoms with E-state index < -0.39 is 17.0 Å². The van der Waals surface area contributed by atoms with Crippen LogP contribution in [0.2, 0.25) is 0 Å². The lowest BCUT2D eigenvalue weighted by Crippen LogP contribution is -2.09. The molecule has 18 heavy (non-hydrogen) atoms. The van der Waals surface area contributed by atoms with Crippen molar-refractivity contribution in [1.82, 2.24) is 0 Å². The van der Waals surface area contributed by atoms with Gasteiger partial charge in [0.15, 0.2) is 0 Å². The molecule has 0 N–H and O–H groups in total. The Balaban J connectivity index is 3.35. The summed E-state index contributed by atoms with van der Waals surface area (Å²) < 4.78 is 26.4. The fourth-order valence-corrected chi connectivity index (χ4v) is 2.40. The number of ether oxygens (including phenoxy) is 1. The van der Waals surface area contributed by atoms with Gasteiger partial charge in [-0.05, 0) is 35.6 Å². The highest BCUT2D eigenvalue weighted by atomic mass is 32.2. The van der Waals surface area contributed by atoms with Gasteiger partial charge in [0.25, 0.3) is 0 Å². The van der Waals surface area contributed by atoms with Crippen molar-refractivity contribution in [3.05, 3.63) is 34.4 Å². The Labute approximate surface area is 110 Å². The molecule has 0 spiro atoms. The maximum absolute atomic E-state index is 11.6. The topological polar surface area (TPSA) is 66.4 Å². The molecule has 0 amide bonds. The molecule has 1 atom stereocenters. The molecule has 5 heteroatoms. The van der Waals surface area contributed by atoms with Crippen molar-refractivity contribution in [1.29, 1.82) is 0 Å². The van der Waals surface area contributed by atoms with E-state index in [4.69, 9.17) is 0 Å². The molecule has 0 bridgehead atoms. The van der Waals surface area contributed by atoms with Crippen LogP contribution in [-0.4, -0.2) is 21.8 Å². The lowest BCUT2D eigenvalue weighted by Gasteiger charge is -2.17. The lowest BCUT2D eigenvalue weighted by atomic mass is 9.93. The number of carbonyl (C=O) groups is 1. The van der Waals surface area contributed by atoms with E-state index in [1.807, 2.05) is 26.8 Å². The summed E-state index contributed by atoms with van der Waals surface area (Å²) in [5.41, 5.74) is 2.82. The molecule has 0 aliphatic heterocycles. The van der Waals surface area contributed by atoms with Gasteiger partial charge in [0.1, 0.15) is 0 Å². The Hall–Kier alpha value is -1.20. The van der Waals surface area contributed by atoms with Gasteiger partial charge in [0, 0.05) is 5.75 Å². The second-order valence-corrected chi connectivity index (χ2v) is 5.36. The van der Waals surface area contributed by atoms with Crippen molar-refractivity contribution in [2.45, 2.75) is 32.4 Å². The summed E-state index contributed by atoms with van der Waals surface area (Å²) in [4.78, 5) is 11.6. The van der Waals surface area contributed by atoms with Gasteiger partial charge in [-0.1, -0.05) is 31.0 Å². The van der Waals surface area contributed by atoms with E-state index in [2.05, 4.69) is 4.74 Å². The zero-order valence-electron chi connectivity index (χ0n) is 11.0. The number of hydrogen-bond donors (Lipinski definition) is 0. The van der Waals surface area contributed by atoms with Crippen LogP contribution in [0.15, 0.2) is 12.1 Å². The van der Waals surface area contributed by atoms with Crippen molar-refractivity contribution in [3.8, 4) is 0 Å². The standard InChI is InChI=1S/C13H18O4S/c1-8(2)11-5-9(3)12(13(14)17-4)6-10(11)7-18(15)16/h5-6,8H,7H2,1-4H3,(H,15,16)/p-1. The van der Waals surface area contributed by atoms with Crippen LogP contribution in [0.5, 0.6) is 0 Å². The maximum Gasteiger partial charge on any atom is 0.338 e. The number of carbonyl (C=O) groups excluding carboxylic acids is 1. The molecule has 0 saturated carbocycles. The maximum atomic E-state index is 11.6. The predicted octanol–water partition coefficient (Wildman–Crippen LogP) is 2.28. The molecule has 0 heterocycles. The first-order valence-corrected chi connectivity index (χ1v) is 6.88. The minimum atomic E-state index is -2.18. The van der Waals surface area contributed by atoms with Gasteiger partial charge in [-0.2, -0.15) is 0 Å². The van der Waals surface area contributed by atoms with Gasteiger partial charge < -0.3 is 9.29 Å². The Morgan fingerprint density at radius 2 is 2.06 bits per heavy atom. The van der Waals surface area contributed by atoms with Crippen molar-refractivity contribution >= 4 is 17.0 Å². The normalized spacial score (nSPS) is 12.6. The molecule has 100 valence electrons. The van der Waals surface area contributed by atoms with Crippen molar-refractivity contribution in [2.75, 3.05) is 7.11 Å². The summed E-state index contributed by atoms with van der Waals surface area (Å²) in [5, 5.41) is 0. The van der Waals surface area contributed by atoms with Crippen molar-refractivity contribution in [2.24, 2.45) is 0 Å². The summed E-state index contributed by atoms with van der Waals surface area (Å²) in [6, 6.07) is 3.48. The molecule has 0 aromatic heterocycles. The van der Waals surface area contributed by atoms with Crippen LogP contribution in [0, 0.1) is 6.92 Å². The minimum Gasteiger partial charge on any atom is -0.772 e. The van der Waals surface area contributed by atoms with E-state index in [0.29, 0.717) is 11.1 Å². The molecule has 0 fully saturated rings. The Kier molecular flexibility index (Phi) is 5.04. The summed E-state index contributed by atoms with van der Waals surface area (Å²) in [7, 11) is 1.31. The van der Waals surface area contributed by atoms with Crippen molar-refractivity contribution < 1.29 is 18.3 Å². The SMILES string of the molecule is COC(=O)c1cc(CS(=O)[O-])c(C(C)C)cc1C. The molecular formula is C13H17O4S-. The third-order valence-electron chi connectivity index (χ3n) is 2.79. The molecule has 0 aliphatic rings. The summed E-state index contributed by atoms with van der Waals surface area (Å²) in [6.45, 7) is 5.80. The zero-order valence-corrected chi connectivity index (χ0v) is 11.8. The van der Waals surface area contributed by atoms with Crippen LogP contribution in [-0.2, 0) is 21.6 Å². The van der Waals surface area contributed by atoms with E-state index in [1.165, 1.54) is 7.11 Å². The number of methoxy groups -OCH3 is 1. The fourth-order valence-electron chi connectivity index (χ4n) is 1.89. The molecule has 1 aromatic rings. The average Bonchev–Trinajstić information content (AvgIpc) is 2.29. The summed E-state index contributed by atoms with van der Waals surface area (Å²) in [6.07, 6.45) is 0. The van der Waals surface area contributed by atoms with E-state index in [-0.39, 0.29) is 11.7 Å². The lowest BCUT2D eigenvalue weighted by molar-refractivity contribution is 0.0599. The molecule has 1 unspecified atom stereocenters. The Morgan fingerprint density at radius 1 is 1.44 bits per heavy atom. The highest BCUT2D eigenvalue weighted by molar-refractivity contribution is 7.78. The van der Waals surface area contributed by atoms with Crippen LogP contribution in [0.4, 0.5) is 0 Å². The largest absolute Gasteiger partial charge is 0.772 e. The Morgan fingerprint density at radius 3 is 2.50 bits per heavy atom. The highest BCUT2D eigenvalue weighted by Crippen LogP contribution is 2.25. The van der Waals surface area contributed by atoms with Gasteiger partial charge >= 0.3 is 5.97 Å². The van der Waals surface area contributed by atoms with Gasteiger partial charge in [-0.3, -0.25) is 4.21 Å². The molecule has 0 radical (unpaired) electrons. The number of esters is 1. The van der Waals surface area contributed by atoms with E-state index >= 15 is 0 Å². The second-order valence-electron chi connectivity index (χ2n) is 4.46. The molecule has 4 nitrogen and oxygen atoms in total. The van der Waals surface area contributed by atoms with Crippen LogP contribution >= 0.6 is 0 Å². The van der Waals surface area contributed by atoms with Crippen LogP contribution in [0.25, 0.3) is 0 Å². The number of aryl methyl sites for hydroxylation is 1. The minimum absolute atomic E-state index is 0.0855.